The van der Waals surface area contributed by atoms with Gasteiger partial charge in [0.2, 0.25) is 0 Å². The van der Waals surface area contributed by atoms with E-state index in [-0.39, 0.29) is 18.1 Å². The lowest BCUT2D eigenvalue weighted by atomic mass is 10.1. The Balaban J connectivity index is 2.80. The molecule has 0 N–H and O–H groups in total. The highest BCUT2D eigenvalue weighted by atomic mass is 16.6. The predicted molar refractivity (Wildman–Crippen MR) is 76.2 cm³/mol. The summed E-state index contributed by atoms with van der Waals surface area (Å²) in [4.78, 5) is 24.0. The van der Waals surface area contributed by atoms with Gasteiger partial charge < -0.3 is 14.4 Å². The SMILES string of the molecule is COC(=O)COc1ccc(/C=C(/C#N)C(=O)N(C)C)cc1. The maximum Gasteiger partial charge on any atom is 0.343 e. The normalized spacial score (nSPS) is 10.5. The Labute approximate surface area is 123 Å². The first-order valence-corrected chi connectivity index (χ1v) is 6.11. The average molecular weight is 288 g/mol. The van der Waals surface area contributed by atoms with Gasteiger partial charge in [-0.05, 0) is 23.8 Å². The molecule has 0 saturated heterocycles. The number of likely N-dealkylation sites (N-methyl/N-ethyl adjacent to an activating group) is 1. The molecular formula is C15H16N2O4. The average Bonchev–Trinajstić information content (AvgIpc) is 2.50. The van der Waals surface area contributed by atoms with Gasteiger partial charge in [-0.25, -0.2) is 4.79 Å². The van der Waals surface area contributed by atoms with Gasteiger partial charge in [-0.15, -0.1) is 0 Å². The molecule has 1 aromatic carbocycles. The van der Waals surface area contributed by atoms with E-state index in [9.17, 15) is 9.59 Å². The van der Waals surface area contributed by atoms with Gasteiger partial charge in [0.25, 0.3) is 5.91 Å². The third kappa shape index (κ3) is 4.99. The molecule has 1 rings (SSSR count). The molecule has 21 heavy (non-hydrogen) atoms. The molecule has 0 heterocycles. The number of hydrogen-bond donors (Lipinski definition) is 0. The molecule has 0 unspecified atom stereocenters. The van der Waals surface area contributed by atoms with Crippen LogP contribution in [-0.2, 0) is 14.3 Å². The van der Waals surface area contributed by atoms with Gasteiger partial charge >= 0.3 is 5.97 Å². The molecule has 0 radical (unpaired) electrons. The Morgan fingerprint density at radius 1 is 1.29 bits per heavy atom. The zero-order chi connectivity index (χ0) is 15.8. The number of nitriles is 1. The van der Waals surface area contributed by atoms with Crippen molar-refractivity contribution in [2.45, 2.75) is 0 Å². The number of benzene rings is 1. The van der Waals surface area contributed by atoms with E-state index in [1.54, 1.807) is 38.4 Å². The maximum absolute atomic E-state index is 11.7. The van der Waals surface area contributed by atoms with Crippen LogP contribution in [0.5, 0.6) is 5.75 Å². The molecule has 1 aromatic rings. The number of nitrogens with zero attached hydrogens (tertiary/aromatic N) is 2. The van der Waals surface area contributed by atoms with Crippen molar-refractivity contribution in [2.75, 3.05) is 27.8 Å². The van der Waals surface area contributed by atoms with Crippen LogP contribution in [-0.4, -0.2) is 44.6 Å². The summed E-state index contributed by atoms with van der Waals surface area (Å²) in [7, 11) is 4.44. The number of rotatable bonds is 5. The van der Waals surface area contributed by atoms with E-state index < -0.39 is 5.97 Å². The van der Waals surface area contributed by atoms with Crippen LogP contribution in [0.3, 0.4) is 0 Å². The molecular weight excluding hydrogens is 272 g/mol. The number of methoxy groups -OCH3 is 1. The summed E-state index contributed by atoms with van der Waals surface area (Å²) in [6.45, 7) is -0.172. The fraction of sp³-hybridized carbons (Fsp3) is 0.267. The van der Waals surface area contributed by atoms with Gasteiger partial charge in [-0.1, -0.05) is 12.1 Å². The van der Waals surface area contributed by atoms with Gasteiger partial charge in [0.05, 0.1) is 7.11 Å². The zero-order valence-electron chi connectivity index (χ0n) is 12.1. The van der Waals surface area contributed by atoms with E-state index >= 15 is 0 Å². The van der Waals surface area contributed by atoms with Crippen LogP contribution in [0.4, 0.5) is 0 Å². The van der Waals surface area contributed by atoms with Crippen molar-refractivity contribution in [3.05, 3.63) is 35.4 Å². The molecule has 0 aliphatic carbocycles. The first-order valence-electron chi connectivity index (χ1n) is 6.11. The Morgan fingerprint density at radius 2 is 1.90 bits per heavy atom. The fourth-order valence-electron chi connectivity index (χ4n) is 1.41. The summed E-state index contributed by atoms with van der Waals surface area (Å²) in [5.41, 5.74) is 0.732. The Hall–Kier alpha value is -2.81. The number of carbonyl (C=O) groups excluding carboxylic acids is 2. The standard InChI is InChI=1S/C15H16N2O4/c1-17(2)15(19)12(9-16)8-11-4-6-13(7-5-11)21-10-14(18)20-3/h4-8H,10H2,1-3H3/b12-8-. The highest BCUT2D eigenvalue weighted by Crippen LogP contribution is 2.15. The minimum atomic E-state index is -0.470. The van der Waals surface area contributed by atoms with Gasteiger partial charge in [-0.2, -0.15) is 5.26 Å². The number of hydrogen-bond acceptors (Lipinski definition) is 5. The van der Waals surface area contributed by atoms with E-state index in [1.807, 2.05) is 6.07 Å². The smallest absolute Gasteiger partial charge is 0.343 e. The summed E-state index contributed by atoms with van der Waals surface area (Å²) >= 11 is 0. The lowest BCUT2D eigenvalue weighted by Gasteiger charge is -2.08. The molecule has 6 nitrogen and oxygen atoms in total. The molecule has 0 saturated carbocycles. The monoisotopic (exact) mass is 288 g/mol. The minimum absolute atomic E-state index is 0.0447. The lowest BCUT2D eigenvalue weighted by Crippen LogP contribution is -2.22. The molecule has 0 atom stereocenters. The van der Waals surface area contributed by atoms with Crippen molar-refractivity contribution in [1.29, 1.82) is 5.26 Å². The van der Waals surface area contributed by atoms with Crippen LogP contribution in [0.2, 0.25) is 0 Å². The van der Waals surface area contributed by atoms with Crippen molar-refractivity contribution < 1.29 is 19.1 Å². The topological polar surface area (TPSA) is 79.6 Å². The van der Waals surface area contributed by atoms with Crippen molar-refractivity contribution in [2.24, 2.45) is 0 Å². The summed E-state index contributed by atoms with van der Waals surface area (Å²) in [6.07, 6.45) is 1.49. The second kappa shape index (κ2) is 7.70. The van der Waals surface area contributed by atoms with Crippen LogP contribution in [0, 0.1) is 11.3 Å². The first-order chi connectivity index (χ1) is 9.97. The van der Waals surface area contributed by atoms with Crippen molar-refractivity contribution in [3.63, 3.8) is 0 Å². The minimum Gasteiger partial charge on any atom is -0.482 e. The first kappa shape index (κ1) is 16.2. The summed E-state index contributed by atoms with van der Waals surface area (Å²) in [6, 6.07) is 8.53. The van der Waals surface area contributed by atoms with Crippen LogP contribution in [0.1, 0.15) is 5.56 Å². The number of esters is 1. The van der Waals surface area contributed by atoms with Gasteiger partial charge in [0.1, 0.15) is 17.4 Å². The van der Waals surface area contributed by atoms with Gasteiger partial charge in [0, 0.05) is 14.1 Å². The Bertz CT molecular complexity index is 583. The van der Waals surface area contributed by atoms with Crippen molar-refractivity contribution >= 4 is 18.0 Å². The second-order valence-electron chi connectivity index (χ2n) is 4.30. The van der Waals surface area contributed by atoms with Crippen LogP contribution < -0.4 is 4.74 Å². The molecule has 0 bridgehead atoms. The maximum atomic E-state index is 11.7. The lowest BCUT2D eigenvalue weighted by molar-refractivity contribution is -0.142. The molecule has 0 fully saturated rings. The van der Waals surface area contributed by atoms with E-state index in [0.29, 0.717) is 11.3 Å². The molecule has 0 aromatic heterocycles. The summed E-state index contributed by atoms with van der Waals surface area (Å²) < 4.78 is 9.66. The number of carbonyl (C=O) groups is 2. The van der Waals surface area contributed by atoms with Crippen LogP contribution in [0.25, 0.3) is 6.08 Å². The molecule has 110 valence electrons. The van der Waals surface area contributed by atoms with Crippen LogP contribution >= 0.6 is 0 Å². The van der Waals surface area contributed by atoms with Gasteiger partial charge in [0.15, 0.2) is 6.61 Å². The highest BCUT2D eigenvalue weighted by Gasteiger charge is 2.10. The predicted octanol–water partition coefficient (Wildman–Crippen LogP) is 1.23. The quantitative estimate of drug-likeness (QED) is 0.462. The molecule has 0 spiro atoms. The second-order valence-corrected chi connectivity index (χ2v) is 4.30. The Morgan fingerprint density at radius 3 is 2.38 bits per heavy atom. The zero-order valence-corrected chi connectivity index (χ0v) is 12.1. The van der Waals surface area contributed by atoms with E-state index in [4.69, 9.17) is 10.00 Å². The van der Waals surface area contributed by atoms with Crippen molar-refractivity contribution in [3.8, 4) is 11.8 Å². The van der Waals surface area contributed by atoms with Gasteiger partial charge in [-0.3, -0.25) is 4.79 Å². The molecule has 1 amide bonds. The van der Waals surface area contributed by atoms with E-state index in [0.717, 1.165) is 0 Å². The third-order valence-electron chi connectivity index (χ3n) is 2.53. The molecule has 0 aliphatic rings. The number of ether oxygens (including phenoxy) is 2. The van der Waals surface area contributed by atoms with E-state index in [2.05, 4.69) is 4.74 Å². The Kier molecular flexibility index (Phi) is 5.96. The summed E-state index contributed by atoms with van der Waals surface area (Å²) in [5.74, 6) is -0.333. The van der Waals surface area contributed by atoms with Crippen LogP contribution in [0.15, 0.2) is 29.8 Å². The third-order valence-corrected chi connectivity index (χ3v) is 2.53. The number of amides is 1. The summed E-state index contributed by atoms with van der Waals surface area (Å²) in [5, 5.41) is 8.99. The molecule has 6 heteroatoms. The van der Waals surface area contributed by atoms with E-state index in [1.165, 1.54) is 18.1 Å². The fourth-order valence-corrected chi connectivity index (χ4v) is 1.41. The molecule has 0 aliphatic heterocycles. The van der Waals surface area contributed by atoms with Crippen molar-refractivity contribution in [1.82, 2.24) is 4.90 Å². The largest absolute Gasteiger partial charge is 0.482 e. The highest BCUT2D eigenvalue weighted by molar-refractivity contribution is 6.01.